The quantitative estimate of drug-likeness (QED) is 0.522. The lowest BCUT2D eigenvalue weighted by atomic mass is 9.87. The number of carboxylic acid groups (broad SMARTS) is 1. The van der Waals surface area contributed by atoms with Gasteiger partial charge in [0.2, 0.25) is 0 Å². The van der Waals surface area contributed by atoms with Crippen molar-refractivity contribution in [3.8, 4) is 11.1 Å². The minimum Gasteiger partial charge on any atom is -0.478 e. The van der Waals surface area contributed by atoms with E-state index in [2.05, 4.69) is 5.10 Å². The van der Waals surface area contributed by atoms with Crippen molar-refractivity contribution < 1.29 is 14.7 Å². The Morgan fingerprint density at radius 2 is 1.71 bits per heavy atom. The summed E-state index contributed by atoms with van der Waals surface area (Å²) in [7, 11) is 0. The van der Waals surface area contributed by atoms with Crippen molar-refractivity contribution in [3.05, 3.63) is 76.0 Å². The first-order valence-electron chi connectivity index (χ1n) is 12.0. The topological polar surface area (TPSA) is 94.2 Å². The lowest BCUT2D eigenvalue weighted by Gasteiger charge is -2.20. The fourth-order valence-corrected chi connectivity index (χ4v) is 4.77. The fraction of sp³-hybridized carbons (Fsp3) is 0.407. The number of nitrogens with zero attached hydrogens (tertiary/aromatic N) is 3. The Labute approximate surface area is 199 Å². The van der Waals surface area contributed by atoms with E-state index in [1.807, 2.05) is 44.2 Å². The third kappa shape index (κ3) is 5.03. The standard InChI is InChI=1S/C27H31N3O4/c1-18(2)25-28-30(24(31)16-19-8-4-3-5-9-19)27(34)29(25)17-20-12-14-21(15-13-20)22-10-6-7-11-23(22)26(32)33/h6-7,10-15,18-19H,3-5,8-9,16-17H2,1-2H3,(H,32,33). The van der Waals surface area contributed by atoms with Gasteiger partial charge in [-0.25, -0.2) is 9.59 Å². The zero-order chi connectivity index (χ0) is 24.2. The molecule has 7 heteroatoms. The molecule has 0 radical (unpaired) electrons. The highest BCUT2D eigenvalue weighted by Gasteiger charge is 2.24. The van der Waals surface area contributed by atoms with Gasteiger partial charge in [-0.05, 0) is 41.5 Å². The summed E-state index contributed by atoms with van der Waals surface area (Å²) in [5, 5.41) is 13.9. The number of aromatic nitrogens is 3. The molecule has 7 nitrogen and oxygen atoms in total. The van der Waals surface area contributed by atoms with Gasteiger partial charge in [-0.2, -0.15) is 0 Å². The van der Waals surface area contributed by atoms with E-state index in [4.69, 9.17) is 0 Å². The first-order valence-corrected chi connectivity index (χ1v) is 12.0. The third-order valence-electron chi connectivity index (χ3n) is 6.59. The number of carbonyl (C=O) groups excluding carboxylic acids is 1. The smallest absolute Gasteiger partial charge is 0.353 e. The van der Waals surface area contributed by atoms with Gasteiger partial charge >= 0.3 is 11.7 Å². The highest BCUT2D eigenvalue weighted by Crippen LogP contribution is 2.27. The highest BCUT2D eigenvalue weighted by atomic mass is 16.4. The molecule has 4 rings (SSSR count). The van der Waals surface area contributed by atoms with E-state index in [0.29, 0.717) is 30.3 Å². The molecular weight excluding hydrogens is 430 g/mol. The molecule has 0 spiro atoms. The maximum absolute atomic E-state index is 13.2. The summed E-state index contributed by atoms with van der Waals surface area (Å²) >= 11 is 0. The minimum absolute atomic E-state index is 0.0156. The van der Waals surface area contributed by atoms with Crippen LogP contribution in [0.3, 0.4) is 0 Å². The van der Waals surface area contributed by atoms with Crippen LogP contribution in [0.25, 0.3) is 11.1 Å². The fourth-order valence-electron chi connectivity index (χ4n) is 4.77. The van der Waals surface area contributed by atoms with Crippen molar-refractivity contribution in [1.29, 1.82) is 0 Å². The number of carbonyl (C=O) groups is 2. The Balaban J connectivity index is 1.58. The molecule has 1 aliphatic carbocycles. The van der Waals surface area contributed by atoms with E-state index in [9.17, 15) is 19.5 Å². The molecule has 178 valence electrons. The van der Waals surface area contributed by atoms with Crippen LogP contribution in [0.1, 0.15) is 84.8 Å². The summed E-state index contributed by atoms with van der Waals surface area (Å²) in [4.78, 5) is 37.6. The number of hydrogen-bond acceptors (Lipinski definition) is 4. The summed E-state index contributed by atoms with van der Waals surface area (Å²) in [5.74, 6) is -0.293. The molecular formula is C27H31N3O4. The van der Waals surface area contributed by atoms with E-state index < -0.39 is 11.7 Å². The third-order valence-corrected chi connectivity index (χ3v) is 6.59. The SMILES string of the molecule is CC(C)c1nn(C(=O)CC2CCCCC2)c(=O)n1Cc1ccc(-c2ccccc2C(=O)O)cc1. The molecule has 0 unspecified atom stereocenters. The molecule has 2 aromatic carbocycles. The Kier molecular flexibility index (Phi) is 7.10. The molecule has 0 saturated heterocycles. The summed E-state index contributed by atoms with van der Waals surface area (Å²) in [5.41, 5.74) is 2.15. The average molecular weight is 462 g/mol. The predicted molar refractivity (Wildman–Crippen MR) is 130 cm³/mol. The van der Waals surface area contributed by atoms with Gasteiger partial charge in [-0.1, -0.05) is 75.6 Å². The van der Waals surface area contributed by atoms with Crippen LogP contribution in [0.2, 0.25) is 0 Å². The zero-order valence-corrected chi connectivity index (χ0v) is 19.7. The first kappa shape index (κ1) is 23.7. The molecule has 1 aliphatic rings. The number of benzene rings is 2. The monoisotopic (exact) mass is 461 g/mol. The van der Waals surface area contributed by atoms with E-state index >= 15 is 0 Å². The van der Waals surface area contributed by atoms with Gasteiger partial charge in [0, 0.05) is 12.3 Å². The van der Waals surface area contributed by atoms with Crippen molar-refractivity contribution in [2.75, 3.05) is 0 Å². The van der Waals surface area contributed by atoms with Crippen molar-refractivity contribution in [2.45, 2.75) is 64.8 Å². The lowest BCUT2D eigenvalue weighted by Crippen LogP contribution is -2.31. The van der Waals surface area contributed by atoms with Crippen LogP contribution in [-0.4, -0.2) is 31.3 Å². The van der Waals surface area contributed by atoms with Crippen LogP contribution in [0.5, 0.6) is 0 Å². The molecule has 0 bridgehead atoms. The second kappa shape index (κ2) is 10.2. The zero-order valence-electron chi connectivity index (χ0n) is 19.7. The van der Waals surface area contributed by atoms with Gasteiger partial charge in [0.15, 0.2) is 0 Å². The lowest BCUT2D eigenvalue weighted by molar-refractivity contribution is 0.0697. The van der Waals surface area contributed by atoms with E-state index in [0.717, 1.165) is 41.5 Å². The largest absolute Gasteiger partial charge is 0.478 e. The van der Waals surface area contributed by atoms with Crippen molar-refractivity contribution >= 4 is 11.9 Å². The minimum atomic E-state index is -0.974. The number of hydrogen-bond donors (Lipinski definition) is 1. The van der Waals surface area contributed by atoms with Gasteiger partial charge in [-0.15, -0.1) is 9.78 Å². The van der Waals surface area contributed by atoms with E-state index in [1.165, 1.54) is 6.42 Å². The van der Waals surface area contributed by atoms with Crippen LogP contribution in [0.15, 0.2) is 53.3 Å². The molecule has 1 N–H and O–H groups in total. The molecule has 0 atom stereocenters. The Morgan fingerprint density at radius 3 is 2.35 bits per heavy atom. The second-order valence-corrected chi connectivity index (χ2v) is 9.44. The van der Waals surface area contributed by atoms with E-state index in [-0.39, 0.29) is 17.4 Å². The van der Waals surface area contributed by atoms with Gasteiger partial charge in [0.05, 0.1) is 12.1 Å². The molecule has 0 amide bonds. The van der Waals surface area contributed by atoms with Crippen molar-refractivity contribution in [1.82, 2.24) is 14.3 Å². The van der Waals surface area contributed by atoms with Gasteiger partial charge in [-0.3, -0.25) is 9.36 Å². The number of aromatic carboxylic acids is 1. The van der Waals surface area contributed by atoms with Crippen LogP contribution in [0, 0.1) is 5.92 Å². The Bertz CT molecular complexity index is 1230. The van der Waals surface area contributed by atoms with Crippen LogP contribution >= 0.6 is 0 Å². The molecule has 1 heterocycles. The van der Waals surface area contributed by atoms with Crippen molar-refractivity contribution in [3.63, 3.8) is 0 Å². The van der Waals surface area contributed by atoms with Crippen LogP contribution < -0.4 is 5.69 Å². The van der Waals surface area contributed by atoms with Gasteiger partial charge in [0.1, 0.15) is 5.82 Å². The summed E-state index contributed by atoms with van der Waals surface area (Å²) < 4.78 is 2.63. The molecule has 34 heavy (non-hydrogen) atoms. The summed E-state index contributed by atoms with van der Waals surface area (Å²) in [6, 6.07) is 14.3. The average Bonchev–Trinajstić information content (AvgIpc) is 3.16. The summed E-state index contributed by atoms with van der Waals surface area (Å²) in [6.07, 6.45) is 5.95. The molecule has 3 aromatic rings. The Morgan fingerprint density at radius 1 is 1.03 bits per heavy atom. The van der Waals surface area contributed by atoms with Crippen molar-refractivity contribution in [2.24, 2.45) is 5.92 Å². The Hall–Kier alpha value is -3.48. The van der Waals surface area contributed by atoms with Crippen LogP contribution in [0.4, 0.5) is 0 Å². The first-order chi connectivity index (χ1) is 16.3. The molecule has 1 aromatic heterocycles. The highest BCUT2D eigenvalue weighted by molar-refractivity contribution is 5.96. The van der Waals surface area contributed by atoms with Crippen LogP contribution in [-0.2, 0) is 6.54 Å². The van der Waals surface area contributed by atoms with Gasteiger partial charge in [0.25, 0.3) is 5.91 Å². The van der Waals surface area contributed by atoms with Gasteiger partial charge < -0.3 is 5.11 Å². The normalized spacial score (nSPS) is 14.4. The van der Waals surface area contributed by atoms with E-state index in [1.54, 1.807) is 22.8 Å². The molecule has 1 fully saturated rings. The maximum Gasteiger partial charge on any atom is 0.353 e. The molecule has 0 aliphatic heterocycles. The number of rotatable bonds is 7. The number of carboxylic acids is 1. The second-order valence-electron chi connectivity index (χ2n) is 9.44. The summed E-state index contributed by atoms with van der Waals surface area (Å²) in [6.45, 7) is 4.21. The predicted octanol–water partition coefficient (Wildman–Crippen LogP) is 5.19. The maximum atomic E-state index is 13.2. The molecule has 1 saturated carbocycles.